The van der Waals surface area contributed by atoms with Gasteiger partial charge in [-0.25, -0.2) is 4.79 Å². The minimum Gasteiger partial charge on any atom is -0.452 e. The summed E-state index contributed by atoms with van der Waals surface area (Å²) in [4.78, 5) is 37.0. The predicted octanol–water partition coefficient (Wildman–Crippen LogP) is 2.99. The van der Waals surface area contributed by atoms with Gasteiger partial charge in [0.15, 0.2) is 6.61 Å². The smallest absolute Gasteiger partial charge is 0.331 e. The number of nitro benzene ring substituents is 1. The second kappa shape index (κ2) is 9.32. The van der Waals surface area contributed by atoms with E-state index < -0.39 is 23.4 Å². The van der Waals surface area contributed by atoms with Crippen LogP contribution in [0.15, 0.2) is 60.8 Å². The van der Waals surface area contributed by atoms with E-state index in [0.29, 0.717) is 18.5 Å². The molecule has 0 unspecified atom stereocenters. The van der Waals surface area contributed by atoms with Gasteiger partial charge in [0.05, 0.1) is 4.92 Å². The number of fused-ring (bicyclic) bond motifs is 1. The van der Waals surface area contributed by atoms with Crippen molar-refractivity contribution >= 4 is 34.5 Å². The number of non-ortho nitro benzene ring substituents is 1. The summed E-state index contributed by atoms with van der Waals surface area (Å²) in [6, 6.07) is 13.7. The molecule has 1 amide bonds. The highest BCUT2D eigenvalue weighted by Gasteiger charge is 2.07. The van der Waals surface area contributed by atoms with E-state index in [-0.39, 0.29) is 5.69 Å². The number of H-pyrrole nitrogens is 1. The molecule has 3 aromatic rings. The summed E-state index contributed by atoms with van der Waals surface area (Å²) >= 11 is 0. The third-order valence-electron chi connectivity index (χ3n) is 4.23. The van der Waals surface area contributed by atoms with Crippen LogP contribution >= 0.6 is 0 Å². The van der Waals surface area contributed by atoms with Gasteiger partial charge in [0, 0.05) is 41.9 Å². The van der Waals surface area contributed by atoms with Gasteiger partial charge >= 0.3 is 5.97 Å². The number of ether oxygens (including phenoxy) is 1. The quantitative estimate of drug-likeness (QED) is 0.264. The van der Waals surface area contributed by atoms with Gasteiger partial charge in [0.2, 0.25) is 0 Å². The zero-order valence-electron chi connectivity index (χ0n) is 15.5. The van der Waals surface area contributed by atoms with Gasteiger partial charge in [-0.05, 0) is 29.7 Å². The fraction of sp³-hybridized carbons (Fsp3) is 0.143. The Hall–Kier alpha value is -3.94. The Labute approximate surface area is 166 Å². The number of rotatable bonds is 8. The molecule has 0 fully saturated rings. The summed E-state index contributed by atoms with van der Waals surface area (Å²) in [5.74, 6) is -1.11. The lowest BCUT2D eigenvalue weighted by Gasteiger charge is -2.05. The molecule has 0 bridgehead atoms. The number of nitrogens with one attached hydrogen (secondary N) is 2. The monoisotopic (exact) mass is 393 g/mol. The lowest BCUT2D eigenvalue weighted by Crippen LogP contribution is -2.30. The SMILES string of the molecule is O=C(COC(=O)/C=C/c1cccc([N+](=O)[O-])c1)NCCc1c[nH]c2ccccc12. The Morgan fingerprint density at radius 2 is 2.00 bits per heavy atom. The maximum atomic E-state index is 11.8. The minimum atomic E-state index is -0.705. The normalized spacial score (nSPS) is 10.9. The third-order valence-corrected chi connectivity index (χ3v) is 4.23. The minimum absolute atomic E-state index is 0.0740. The molecule has 2 aromatic carbocycles. The van der Waals surface area contributed by atoms with Gasteiger partial charge in [-0.2, -0.15) is 0 Å². The van der Waals surface area contributed by atoms with Crippen molar-refractivity contribution in [2.75, 3.05) is 13.2 Å². The maximum Gasteiger partial charge on any atom is 0.331 e. The van der Waals surface area contributed by atoms with Crippen LogP contribution in [0.4, 0.5) is 5.69 Å². The number of amides is 1. The molecule has 1 heterocycles. The molecule has 0 aliphatic rings. The van der Waals surface area contributed by atoms with Crippen LogP contribution in [0.2, 0.25) is 0 Å². The number of benzene rings is 2. The molecule has 0 atom stereocenters. The molecule has 1 aromatic heterocycles. The highest BCUT2D eigenvalue weighted by molar-refractivity contribution is 5.89. The van der Waals surface area contributed by atoms with Gasteiger partial charge in [-0.1, -0.05) is 30.3 Å². The largest absolute Gasteiger partial charge is 0.452 e. The summed E-state index contributed by atoms with van der Waals surface area (Å²) in [7, 11) is 0. The Kier molecular flexibility index (Phi) is 6.36. The molecule has 3 rings (SSSR count). The van der Waals surface area contributed by atoms with Gasteiger partial charge in [0.25, 0.3) is 11.6 Å². The van der Waals surface area contributed by atoms with Crippen LogP contribution in [-0.2, 0) is 20.7 Å². The van der Waals surface area contributed by atoms with Gasteiger partial charge in [0.1, 0.15) is 0 Å². The van der Waals surface area contributed by atoms with Gasteiger partial charge in [-0.3, -0.25) is 14.9 Å². The van der Waals surface area contributed by atoms with Gasteiger partial charge < -0.3 is 15.0 Å². The first kappa shape index (κ1) is 19.8. The molecule has 0 radical (unpaired) electrons. The zero-order valence-corrected chi connectivity index (χ0v) is 15.5. The highest BCUT2D eigenvalue weighted by atomic mass is 16.6. The fourth-order valence-electron chi connectivity index (χ4n) is 2.82. The standard InChI is InChI=1S/C21H19N3O5/c25-20(22-11-10-16-13-23-19-7-2-1-6-18(16)19)14-29-21(26)9-8-15-4-3-5-17(12-15)24(27)28/h1-9,12-13,23H,10-11,14H2,(H,22,25)/b9-8+. The van der Waals surface area contributed by atoms with Crippen molar-refractivity contribution in [2.45, 2.75) is 6.42 Å². The van der Waals surface area contributed by atoms with Crippen molar-refractivity contribution in [3.8, 4) is 0 Å². The summed E-state index contributed by atoms with van der Waals surface area (Å²) in [6.07, 6.45) is 5.08. The maximum absolute atomic E-state index is 11.8. The summed E-state index contributed by atoms with van der Waals surface area (Å²) in [5, 5.41) is 14.6. The van der Waals surface area contributed by atoms with Crippen LogP contribution in [0.5, 0.6) is 0 Å². The van der Waals surface area contributed by atoms with E-state index >= 15 is 0 Å². The number of carbonyl (C=O) groups excluding carboxylic acids is 2. The fourth-order valence-corrected chi connectivity index (χ4v) is 2.82. The van der Waals surface area contributed by atoms with E-state index in [0.717, 1.165) is 22.5 Å². The number of para-hydroxylation sites is 1. The number of aromatic nitrogens is 1. The molecule has 8 nitrogen and oxygen atoms in total. The van der Waals surface area contributed by atoms with Crippen molar-refractivity contribution in [3.63, 3.8) is 0 Å². The lowest BCUT2D eigenvalue weighted by molar-refractivity contribution is -0.384. The van der Waals surface area contributed by atoms with Crippen LogP contribution in [-0.4, -0.2) is 34.9 Å². The molecule has 29 heavy (non-hydrogen) atoms. The van der Waals surface area contributed by atoms with Crippen molar-refractivity contribution in [1.29, 1.82) is 0 Å². The van der Waals surface area contributed by atoms with E-state index in [1.807, 2.05) is 30.5 Å². The first-order valence-corrected chi connectivity index (χ1v) is 8.94. The number of carbonyl (C=O) groups is 2. The highest BCUT2D eigenvalue weighted by Crippen LogP contribution is 2.17. The van der Waals surface area contributed by atoms with E-state index in [1.54, 1.807) is 6.07 Å². The van der Waals surface area contributed by atoms with Crippen LogP contribution < -0.4 is 5.32 Å². The Morgan fingerprint density at radius 3 is 2.83 bits per heavy atom. The first-order valence-electron chi connectivity index (χ1n) is 8.94. The number of nitrogens with zero attached hydrogens (tertiary/aromatic N) is 1. The van der Waals surface area contributed by atoms with E-state index in [9.17, 15) is 19.7 Å². The number of hydrogen-bond acceptors (Lipinski definition) is 5. The number of nitro groups is 1. The average Bonchev–Trinajstić information content (AvgIpc) is 3.14. The van der Waals surface area contributed by atoms with Crippen LogP contribution in [0.1, 0.15) is 11.1 Å². The van der Waals surface area contributed by atoms with Crippen molar-refractivity contribution < 1.29 is 19.2 Å². The molecule has 0 aliphatic carbocycles. The second-order valence-corrected chi connectivity index (χ2v) is 6.25. The third kappa shape index (κ3) is 5.52. The summed E-state index contributed by atoms with van der Waals surface area (Å²) < 4.78 is 4.88. The first-order chi connectivity index (χ1) is 14.0. The molecule has 0 aliphatic heterocycles. The second-order valence-electron chi connectivity index (χ2n) is 6.25. The molecular formula is C21H19N3O5. The average molecular weight is 393 g/mol. The van der Waals surface area contributed by atoms with Crippen LogP contribution in [0, 0.1) is 10.1 Å². The Morgan fingerprint density at radius 1 is 1.17 bits per heavy atom. The molecular weight excluding hydrogens is 374 g/mol. The summed E-state index contributed by atoms with van der Waals surface area (Å²) in [5.41, 5.74) is 2.55. The molecule has 0 spiro atoms. The predicted molar refractivity (Wildman–Crippen MR) is 108 cm³/mol. The van der Waals surface area contributed by atoms with E-state index in [2.05, 4.69) is 10.3 Å². The van der Waals surface area contributed by atoms with Crippen LogP contribution in [0.25, 0.3) is 17.0 Å². The van der Waals surface area contributed by atoms with Crippen molar-refractivity contribution in [3.05, 3.63) is 82.0 Å². The van der Waals surface area contributed by atoms with Crippen molar-refractivity contribution in [1.82, 2.24) is 10.3 Å². The number of esters is 1. The molecule has 0 saturated carbocycles. The number of hydrogen-bond donors (Lipinski definition) is 2. The van der Waals surface area contributed by atoms with E-state index in [1.165, 1.54) is 24.3 Å². The van der Waals surface area contributed by atoms with Gasteiger partial charge in [-0.15, -0.1) is 0 Å². The number of aromatic amines is 1. The van der Waals surface area contributed by atoms with E-state index in [4.69, 9.17) is 4.74 Å². The van der Waals surface area contributed by atoms with Crippen LogP contribution in [0.3, 0.4) is 0 Å². The molecule has 2 N–H and O–H groups in total. The lowest BCUT2D eigenvalue weighted by atomic mass is 10.1. The molecule has 148 valence electrons. The molecule has 0 saturated heterocycles. The topological polar surface area (TPSA) is 114 Å². The Bertz CT molecular complexity index is 1070. The van der Waals surface area contributed by atoms with Crippen molar-refractivity contribution in [2.24, 2.45) is 0 Å². The zero-order chi connectivity index (χ0) is 20.6. The molecule has 8 heteroatoms. The Balaban J connectivity index is 1.41. The summed E-state index contributed by atoms with van der Waals surface area (Å²) in [6.45, 7) is 0.0216.